The zero-order valence-corrected chi connectivity index (χ0v) is 12.7. The Hall–Kier alpha value is -2.66. The first kappa shape index (κ1) is 16.7. The van der Waals surface area contributed by atoms with Gasteiger partial charge in [0.25, 0.3) is 5.91 Å². The molecule has 3 N–H and O–H groups in total. The zero-order chi connectivity index (χ0) is 16.5. The number of nitrogens with one attached hydrogen (secondary N) is 2. The Bertz CT molecular complexity index is 629. The average molecular weight is 312 g/mol. The van der Waals surface area contributed by atoms with Gasteiger partial charge in [-0.3, -0.25) is 9.59 Å². The lowest BCUT2D eigenvalue weighted by atomic mass is 10.0. The van der Waals surface area contributed by atoms with Crippen LogP contribution < -0.4 is 10.6 Å². The van der Waals surface area contributed by atoms with Crippen LogP contribution in [0.1, 0.15) is 15.9 Å². The molecule has 23 heavy (non-hydrogen) atoms. The smallest absolute Gasteiger partial charge is 0.251 e. The molecule has 120 valence electrons. The minimum Gasteiger partial charge on any atom is -0.395 e. The van der Waals surface area contributed by atoms with Crippen LogP contribution in [0.4, 0.5) is 0 Å². The van der Waals surface area contributed by atoms with Crippen LogP contribution >= 0.6 is 0 Å². The Morgan fingerprint density at radius 1 is 0.957 bits per heavy atom. The van der Waals surface area contributed by atoms with E-state index < -0.39 is 6.04 Å². The first-order chi connectivity index (χ1) is 11.2. The molecule has 5 heteroatoms. The monoisotopic (exact) mass is 312 g/mol. The number of hydrogen-bond donors (Lipinski definition) is 3. The van der Waals surface area contributed by atoms with Crippen LogP contribution in [0.2, 0.25) is 0 Å². The molecule has 1 unspecified atom stereocenters. The molecule has 0 heterocycles. The first-order valence-corrected chi connectivity index (χ1v) is 7.49. The maximum atomic E-state index is 12.3. The summed E-state index contributed by atoms with van der Waals surface area (Å²) in [7, 11) is 0. The number of aliphatic hydroxyl groups is 1. The van der Waals surface area contributed by atoms with Gasteiger partial charge in [0.2, 0.25) is 5.91 Å². The van der Waals surface area contributed by atoms with Gasteiger partial charge in [-0.25, -0.2) is 0 Å². The van der Waals surface area contributed by atoms with Crippen molar-refractivity contribution in [2.75, 3.05) is 13.2 Å². The molecule has 2 rings (SSSR count). The molecule has 5 nitrogen and oxygen atoms in total. The lowest BCUT2D eigenvalue weighted by molar-refractivity contribution is -0.123. The molecule has 0 radical (unpaired) electrons. The Balaban J connectivity index is 2.09. The molecule has 0 aromatic heterocycles. The summed E-state index contributed by atoms with van der Waals surface area (Å²) in [6.07, 6.45) is 0.386. The van der Waals surface area contributed by atoms with Crippen LogP contribution in [0.3, 0.4) is 0 Å². The van der Waals surface area contributed by atoms with Gasteiger partial charge in [-0.1, -0.05) is 48.5 Å². The van der Waals surface area contributed by atoms with Crippen molar-refractivity contribution in [3.05, 3.63) is 71.8 Å². The van der Waals surface area contributed by atoms with Crippen molar-refractivity contribution in [3.8, 4) is 0 Å². The summed E-state index contributed by atoms with van der Waals surface area (Å²) in [5.74, 6) is -0.613. The number of carbonyl (C=O) groups is 2. The van der Waals surface area contributed by atoms with Gasteiger partial charge in [0.05, 0.1) is 6.61 Å². The van der Waals surface area contributed by atoms with E-state index >= 15 is 0 Å². The second-order valence-electron chi connectivity index (χ2n) is 5.10. The van der Waals surface area contributed by atoms with Crippen molar-refractivity contribution >= 4 is 11.8 Å². The summed E-state index contributed by atoms with van der Waals surface area (Å²) in [6.45, 7) is 0.0156. The summed E-state index contributed by atoms with van der Waals surface area (Å²) < 4.78 is 0. The third-order valence-corrected chi connectivity index (χ3v) is 3.35. The highest BCUT2D eigenvalue weighted by Crippen LogP contribution is 2.05. The van der Waals surface area contributed by atoms with Gasteiger partial charge in [0.15, 0.2) is 0 Å². The highest BCUT2D eigenvalue weighted by atomic mass is 16.3. The van der Waals surface area contributed by atoms with E-state index in [0.29, 0.717) is 12.0 Å². The standard InChI is InChI=1S/C18H20N2O3/c21-12-11-19-18(23)16(13-14-7-3-1-4-8-14)20-17(22)15-9-5-2-6-10-15/h1-10,16,21H,11-13H2,(H,19,23)(H,20,22). The van der Waals surface area contributed by atoms with Crippen molar-refractivity contribution in [3.63, 3.8) is 0 Å². The molecule has 2 amide bonds. The fourth-order valence-electron chi connectivity index (χ4n) is 2.19. The third kappa shape index (κ3) is 5.23. The normalized spacial score (nSPS) is 11.5. The Labute approximate surface area is 135 Å². The SMILES string of the molecule is O=C(NC(Cc1ccccc1)C(=O)NCCO)c1ccccc1. The largest absolute Gasteiger partial charge is 0.395 e. The zero-order valence-electron chi connectivity index (χ0n) is 12.7. The highest BCUT2D eigenvalue weighted by Gasteiger charge is 2.21. The van der Waals surface area contributed by atoms with E-state index in [2.05, 4.69) is 10.6 Å². The Kier molecular flexibility index (Phi) is 6.32. The lowest BCUT2D eigenvalue weighted by Crippen LogP contribution is -2.48. The van der Waals surface area contributed by atoms with E-state index in [1.54, 1.807) is 24.3 Å². The second kappa shape index (κ2) is 8.70. The van der Waals surface area contributed by atoms with Crippen molar-refractivity contribution in [1.29, 1.82) is 0 Å². The van der Waals surface area contributed by atoms with Crippen LogP contribution in [-0.2, 0) is 11.2 Å². The predicted octanol–water partition coefficient (Wildman–Crippen LogP) is 1.14. The Morgan fingerprint density at radius 2 is 1.57 bits per heavy atom. The number of benzene rings is 2. The molecule has 0 aliphatic carbocycles. The van der Waals surface area contributed by atoms with Crippen LogP contribution in [0, 0.1) is 0 Å². The van der Waals surface area contributed by atoms with Crippen LogP contribution in [0.25, 0.3) is 0 Å². The molecule has 0 saturated carbocycles. The fourth-order valence-corrected chi connectivity index (χ4v) is 2.19. The summed E-state index contributed by atoms with van der Waals surface area (Å²) >= 11 is 0. The molecular weight excluding hydrogens is 292 g/mol. The molecule has 0 saturated heterocycles. The first-order valence-electron chi connectivity index (χ1n) is 7.49. The van der Waals surface area contributed by atoms with Crippen LogP contribution in [0.15, 0.2) is 60.7 Å². The number of carbonyl (C=O) groups excluding carboxylic acids is 2. The van der Waals surface area contributed by atoms with E-state index in [9.17, 15) is 9.59 Å². The van der Waals surface area contributed by atoms with Gasteiger partial charge in [-0.2, -0.15) is 0 Å². The molecule has 0 aliphatic rings. The fraction of sp³-hybridized carbons (Fsp3) is 0.222. The minimum atomic E-state index is -0.698. The summed E-state index contributed by atoms with van der Waals surface area (Å²) in [4.78, 5) is 24.5. The average Bonchev–Trinajstić information content (AvgIpc) is 2.60. The van der Waals surface area contributed by atoms with Crippen molar-refractivity contribution in [2.24, 2.45) is 0 Å². The molecule has 1 atom stereocenters. The maximum absolute atomic E-state index is 12.3. The van der Waals surface area contributed by atoms with Gasteiger partial charge in [-0.05, 0) is 17.7 Å². The van der Waals surface area contributed by atoms with Gasteiger partial charge in [0.1, 0.15) is 6.04 Å². The molecule has 2 aromatic carbocycles. The van der Waals surface area contributed by atoms with Crippen LogP contribution in [-0.4, -0.2) is 36.1 Å². The topological polar surface area (TPSA) is 78.4 Å². The Morgan fingerprint density at radius 3 is 2.17 bits per heavy atom. The van der Waals surface area contributed by atoms with E-state index in [1.807, 2.05) is 36.4 Å². The second-order valence-corrected chi connectivity index (χ2v) is 5.10. The van der Waals surface area contributed by atoms with Crippen LogP contribution in [0.5, 0.6) is 0 Å². The minimum absolute atomic E-state index is 0.142. The number of amides is 2. The lowest BCUT2D eigenvalue weighted by Gasteiger charge is -2.18. The van der Waals surface area contributed by atoms with E-state index in [0.717, 1.165) is 5.56 Å². The van der Waals surface area contributed by atoms with E-state index in [1.165, 1.54) is 0 Å². The maximum Gasteiger partial charge on any atom is 0.251 e. The third-order valence-electron chi connectivity index (χ3n) is 3.35. The molecule has 2 aromatic rings. The molecule has 0 bridgehead atoms. The number of hydrogen-bond acceptors (Lipinski definition) is 3. The van der Waals surface area contributed by atoms with E-state index in [-0.39, 0.29) is 25.0 Å². The van der Waals surface area contributed by atoms with Gasteiger partial charge >= 0.3 is 0 Å². The van der Waals surface area contributed by atoms with Crippen molar-refractivity contribution in [1.82, 2.24) is 10.6 Å². The van der Waals surface area contributed by atoms with Crippen molar-refractivity contribution < 1.29 is 14.7 Å². The summed E-state index contributed by atoms with van der Waals surface area (Å²) in [6, 6.07) is 17.5. The molecular formula is C18H20N2O3. The van der Waals surface area contributed by atoms with Crippen molar-refractivity contribution in [2.45, 2.75) is 12.5 Å². The quantitative estimate of drug-likeness (QED) is 0.717. The van der Waals surface area contributed by atoms with Gasteiger partial charge in [0, 0.05) is 18.5 Å². The van der Waals surface area contributed by atoms with Gasteiger partial charge in [-0.15, -0.1) is 0 Å². The highest BCUT2D eigenvalue weighted by molar-refractivity contribution is 5.97. The summed E-state index contributed by atoms with van der Waals surface area (Å²) in [5, 5.41) is 14.2. The number of rotatable bonds is 7. The van der Waals surface area contributed by atoms with Gasteiger partial charge < -0.3 is 15.7 Å². The van der Waals surface area contributed by atoms with E-state index in [4.69, 9.17) is 5.11 Å². The summed E-state index contributed by atoms with van der Waals surface area (Å²) in [5.41, 5.74) is 1.45. The molecule has 0 fully saturated rings. The predicted molar refractivity (Wildman–Crippen MR) is 87.9 cm³/mol. The molecule has 0 spiro atoms. The number of aliphatic hydroxyl groups excluding tert-OH is 1. The molecule has 0 aliphatic heterocycles.